The van der Waals surface area contributed by atoms with Gasteiger partial charge in [0, 0.05) is 18.9 Å². The van der Waals surface area contributed by atoms with E-state index in [0.29, 0.717) is 0 Å². The Morgan fingerprint density at radius 2 is 1.70 bits per heavy atom. The predicted octanol–water partition coefficient (Wildman–Crippen LogP) is -0.0626. The number of nitrogens with zero attached hydrogens (tertiary/aromatic N) is 3. The highest BCUT2D eigenvalue weighted by Crippen LogP contribution is 2.08. The summed E-state index contributed by atoms with van der Waals surface area (Å²) in [5.41, 5.74) is 0.928. The number of aromatic nitrogens is 3. The molecule has 0 bridgehead atoms. The van der Waals surface area contributed by atoms with Crippen molar-refractivity contribution in [1.82, 2.24) is 9.78 Å². The van der Waals surface area contributed by atoms with Crippen molar-refractivity contribution >= 4 is 10.1 Å². The molecule has 2 rings (SSSR count). The van der Waals surface area contributed by atoms with Crippen molar-refractivity contribution < 1.29 is 17.6 Å². The van der Waals surface area contributed by atoms with E-state index in [1.165, 1.54) is 12.1 Å². The van der Waals surface area contributed by atoms with Gasteiger partial charge in [-0.1, -0.05) is 17.7 Å². The van der Waals surface area contributed by atoms with E-state index in [1.807, 2.05) is 27.8 Å². The zero-order valence-corrected chi connectivity index (χ0v) is 12.7. The van der Waals surface area contributed by atoms with Gasteiger partial charge < -0.3 is 4.55 Å². The summed E-state index contributed by atoms with van der Waals surface area (Å²) >= 11 is 0. The number of hydrogen-bond donors (Lipinski definition) is 1. The molecule has 8 heteroatoms. The Kier molecular flexibility index (Phi) is 4.85. The van der Waals surface area contributed by atoms with E-state index in [1.54, 1.807) is 21.5 Å². The van der Waals surface area contributed by atoms with Gasteiger partial charge in [-0.15, -0.1) is 9.36 Å². The fourth-order valence-corrected chi connectivity index (χ4v) is 1.90. The minimum atomic E-state index is -4.27. The number of rotatable bonds is 1. The molecule has 1 aromatic carbocycles. The molecule has 0 aliphatic rings. The number of benzene rings is 1. The highest BCUT2D eigenvalue weighted by atomic mass is 32.2. The number of nitrogen functional groups attached to an aromatic ring is 1. The molecule has 2 N–H and O–H groups in total. The SMILES string of the molecule is Cc1ccc(S(=O)(=O)[O-])cc1.Cc1nn(C)c(C)[n+]1N. The van der Waals surface area contributed by atoms with E-state index in [4.69, 9.17) is 5.84 Å². The zero-order chi connectivity index (χ0) is 15.5. The molecule has 0 fully saturated rings. The van der Waals surface area contributed by atoms with Crippen molar-refractivity contribution in [2.24, 2.45) is 7.05 Å². The van der Waals surface area contributed by atoms with Crippen molar-refractivity contribution in [3.05, 3.63) is 41.5 Å². The van der Waals surface area contributed by atoms with Gasteiger partial charge in [0.15, 0.2) is 0 Å². The minimum Gasteiger partial charge on any atom is -0.744 e. The van der Waals surface area contributed by atoms with Crippen LogP contribution >= 0.6 is 0 Å². The van der Waals surface area contributed by atoms with E-state index < -0.39 is 10.1 Å². The molecule has 0 atom stereocenters. The Morgan fingerprint density at radius 3 is 1.95 bits per heavy atom. The molecule has 0 saturated carbocycles. The molecule has 0 radical (unpaired) electrons. The minimum absolute atomic E-state index is 0.178. The smallest absolute Gasteiger partial charge is 0.295 e. The van der Waals surface area contributed by atoms with Gasteiger partial charge in [-0.2, -0.15) is 0 Å². The molecule has 7 nitrogen and oxygen atoms in total. The molecular formula is C12H18N4O3S. The molecule has 1 heterocycles. The molecule has 0 aliphatic carbocycles. The number of nitrogens with two attached hydrogens (primary N) is 1. The Hall–Kier alpha value is -1.93. The first kappa shape index (κ1) is 16.1. The second-order valence-electron chi connectivity index (χ2n) is 4.36. The summed E-state index contributed by atoms with van der Waals surface area (Å²) in [7, 11) is -2.40. The molecule has 0 unspecified atom stereocenters. The van der Waals surface area contributed by atoms with E-state index in [2.05, 4.69) is 5.10 Å². The normalized spacial score (nSPS) is 10.8. The average Bonchev–Trinajstić information content (AvgIpc) is 2.56. The first-order chi connectivity index (χ1) is 9.12. The third-order valence-corrected chi connectivity index (χ3v) is 3.62. The van der Waals surface area contributed by atoms with Crippen LogP contribution in [0.1, 0.15) is 17.2 Å². The number of hydrogen-bond acceptors (Lipinski definition) is 5. The highest BCUT2D eigenvalue weighted by molar-refractivity contribution is 7.85. The van der Waals surface area contributed by atoms with Crippen molar-refractivity contribution in [2.45, 2.75) is 25.7 Å². The standard InChI is InChI=1S/C7H8O3S.C5H11N4/c1-6-2-4-7(5-3-6)11(8,9)10;1-4-7-8(3)5(2)9(4)6/h2-5H,1H3,(H,8,9,10);6H2,1-3H3/q;+1/p-1. The molecule has 1 aromatic heterocycles. The summed E-state index contributed by atoms with van der Waals surface area (Å²) in [6, 6.07) is 5.78. The van der Waals surface area contributed by atoms with Crippen molar-refractivity contribution in [3.8, 4) is 0 Å². The monoisotopic (exact) mass is 298 g/mol. The van der Waals surface area contributed by atoms with Crippen LogP contribution in [0.2, 0.25) is 0 Å². The molecule has 0 aliphatic heterocycles. The van der Waals surface area contributed by atoms with Crippen LogP contribution in [0.3, 0.4) is 0 Å². The Morgan fingerprint density at radius 1 is 1.20 bits per heavy atom. The molecule has 20 heavy (non-hydrogen) atoms. The van der Waals surface area contributed by atoms with Gasteiger partial charge in [-0.3, -0.25) is 5.84 Å². The second-order valence-corrected chi connectivity index (χ2v) is 5.73. The van der Waals surface area contributed by atoms with Crippen LogP contribution in [-0.4, -0.2) is 22.8 Å². The van der Waals surface area contributed by atoms with Crippen LogP contribution in [0, 0.1) is 20.8 Å². The Bertz CT molecular complexity index is 668. The van der Waals surface area contributed by atoms with Crippen LogP contribution in [0.15, 0.2) is 29.2 Å². The second kappa shape index (κ2) is 6.02. The fourth-order valence-electron chi connectivity index (χ4n) is 1.43. The highest BCUT2D eigenvalue weighted by Gasteiger charge is 2.11. The van der Waals surface area contributed by atoms with E-state index in [-0.39, 0.29) is 4.90 Å². The van der Waals surface area contributed by atoms with Crippen LogP contribution in [0.5, 0.6) is 0 Å². The fraction of sp³-hybridized carbons (Fsp3) is 0.333. The lowest BCUT2D eigenvalue weighted by Gasteiger charge is -2.05. The lowest BCUT2D eigenvalue weighted by Crippen LogP contribution is -2.48. The summed E-state index contributed by atoms with van der Waals surface area (Å²) in [5.74, 6) is 7.32. The van der Waals surface area contributed by atoms with Crippen molar-refractivity contribution in [3.63, 3.8) is 0 Å². The lowest BCUT2D eigenvalue weighted by atomic mass is 10.2. The third kappa shape index (κ3) is 4.04. The van der Waals surface area contributed by atoms with Crippen LogP contribution in [0.4, 0.5) is 0 Å². The van der Waals surface area contributed by atoms with Gasteiger partial charge in [0.25, 0.3) is 11.6 Å². The maximum absolute atomic E-state index is 10.4. The van der Waals surface area contributed by atoms with Crippen LogP contribution in [-0.2, 0) is 17.2 Å². The van der Waals surface area contributed by atoms with Gasteiger partial charge >= 0.3 is 0 Å². The van der Waals surface area contributed by atoms with Crippen LogP contribution in [0.25, 0.3) is 0 Å². The molecule has 0 saturated heterocycles. The zero-order valence-electron chi connectivity index (χ0n) is 11.9. The third-order valence-electron chi connectivity index (χ3n) is 2.77. The summed E-state index contributed by atoms with van der Waals surface area (Å²) in [6.07, 6.45) is 0. The molecule has 110 valence electrons. The molecule has 0 amide bonds. The Labute approximate surface area is 118 Å². The van der Waals surface area contributed by atoms with Crippen molar-refractivity contribution in [2.75, 3.05) is 5.84 Å². The Balaban J connectivity index is 0.000000204. The summed E-state index contributed by atoms with van der Waals surface area (Å²) in [4.78, 5) is -0.178. The largest absolute Gasteiger partial charge is 0.744 e. The van der Waals surface area contributed by atoms with Gasteiger partial charge in [0.05, 0.1) is 11.9 Å². The van der Waals surface area contributed by atoms with Crippen LogP contribution < -0.4 is 10.5 Å². The molecule has 2 aromatic rings. The van der Waals surface area contributed by atoms with E-state index >= 15 is 0 Å². The molecular weight excluding hydrogens is 280 g/mol. The average molecular weight is 298 g/mol. The van der Waals surface area contributed by atoms with E-state index in [0.717, 1.165) is 17.2 Å². The molecule has 0 spiro atoms. The predicted molar refractivity (Wildman–Crippen MR) is 72.2 cm³/mol. The van der Waals surface area contributed by atoms with Gasteiger partial charge in [-0.25, -0.2) is 8.42 Å². The topological polar surface area (TPSA) is 105 Å². The van der Waals surface area contributed by atoms with E-state index in [9.17, 15) is 13.0 Å². The lowest BCUT2D eigenvalue weighted by molar-refractivity contribution is -0.652. The first-order valence-electron chi connectivity index (χ1n) is 5.83. The van der Waals surface area contributed by atoms with Gasteiger partial charge in [-0.05, 0) is 19.1 Å². The summed E-state index contributed by atoms with van der Waals surface area (Å²) < 4.78 is 34.5. The maximum atomic E-state index is 10.4. The van der Waals surface area contributed by atoms with Crippen molar-refractivity contribution in [1.29, 1.82) is 0 Å². The summed E-state index contributed by atoms with van der Waals surface area (Å²) in [6.45, 7) is 5.61. The quantitative estimate of drug-likeness (QED) is 0.451. The van der Waals surface area contributed by atoms with Gasteiger partial charge in [0.1, 0.15) is 10.1 Å². The first-order valence-corrected chi connectivity index (χ1v) is 7.23. The maximum Gasteiger partial charge on any atom is 0.295 e. The number of aryl methyl sites for hydroxylation is 3. The van der Waals surface area contributed by atoms with Gasteiger partial charge in [0.2, 0.25) is 0 Å². The summed E-state index contributed by atoms with van der Waals surface area (Å²) in [5, 5.41) is 4.06.